The summed E-state index contributed by atoms with van der Waals surface area (Å²) in [4.78, 5) is 0. The van der Waals surface area contributed by atoms with Gasteiger partial charge in [-0.1, -0.05) is 0 Å². The van der Waals surface area contributed by atoms with Gasteiger partial charge in [0.2, 0.25) is 0 Å². The van der Waals surface area contributed by atoms with Gasteiger partial charge in [0.05, 0.1) is 17.8 Å². The Labute approximate surface area is 119 Å². The summed E-state index contributed by atoms with van der Waals surface area (Å²) in [6, 6.07) is 2.04. The number of rotatable bonds is 5. The summed E-state index contributed by atoms with van der Waals surface area (Å²) >= 11 is 3.15. The average molecular weight is 336 g/mol. The average Bonchev–Trinajstić information content (AvgIpc) is 2.31. The van der Waals surface area contributed by atoms with Crippen LogP contribution in [0.1, 0.15) is 13.3 Å². The molecule has 1 saturated carbocycles. The zero-order chi connectivity index (χ0) is 14.0. The van der Waals surface area contributed by atoms with Gasteiger partial charge in [-0.25, -0.2) is 8.78 Å². The van der Waals surface area contributed by atoms with Crippen LogP contribution in [-0.4, -0.2) is 32.0 Å². The van der Waals surface area contributed by atoms with E-state index < -0.39 is 11.6 Å². The molecule has 0 radical (unpaired) electrons. The first-order valence-corrected chi connectivity index (χ1v) is 6.91. The Hall–Kier alpha value is -0.720. The van der Waals surface area contributed by atoms with Gasteiger partial charge in [0.1, 0.15) is 17.7 Å². The highest BCUT2D eigenvalue weighted by atomic mass is 79.9. The Balaban J connectivity index is 2.07. The van der Waals surface area contributed by atoms with Gasteiger partial charge in [-0.2, -0.15) is 0 Å². The van der Waals surface area contributed by atoms with Crippen LogP contribution < -0.4 is 5.32 Å². The minimum absolute atomic E-state index is 0.0229. The Morgan fingerprint density at radius 3 is 2.74 bits per heavy atom. The maximum atomic E-state index is 13.7. The number of ether oxygens (including phenoxy) is 2. The van der Waals surface area contributed by atoms with Gasteiger partial charge in [-0.05, 0) is 35.3 Å². The monoisotopic (exact) mass is 335 g/mol. The molecule has 1 aromatic carbocycles. The molecular formula is C13H16BrF2NO2. The van der Waals surface area contributed by atoms with Crippen LogP contribution in [0.5, 0.6) is 0 Å². The summed E-state index contributed by atoms with van der Waals surface area (Å²) in [5.41, 5.74) is 0.253. The van der Waals surface area contributed by atoms with E-state index in [0.717, 1.165) is 12.5 Å². The van der Waals surface area contributed by atoms with Crippen molar-refractivity contribution >= 4 is 21.6 Å². The van der Waals surface area contributed by atoms with Crippen molar-refractivity contribution in [1.82, 2.24) is 0 Å². The fourth-order valence-corrected chi connectivity index (χ4v) is 2.80. The normalized spacial score (nSPS) is 26.1. The number of halogens is 3. The van der Waals surface area contributed by atoms with E-state index in [4.69, 9.17) is 9.47 Å². The summed E-state index contributed by atoms with van der Waals surface area (Å²) in [5.74, 6) is -1.24. The number of methoxy groups -OCH3 is 1. The Kier molecular flexibility index (Phi) is 4.76. The lowest BCUT2D eigenvalue weighted by Crippen LogP contribution is -2.57. The van der Waals surface area contributed by atoms with E-state index in [1.807, 2.05) is 6.92 Å². The molecular weight excluding hydrogens is 320 g/mol. The molecule has 6 heteroatoms. The molecule has 3 atom stereocenters. The molecule has 1 aliphatic carbocycles. The molecule has 0 heterocycles. The minimum atomic E-state index is -0.624. The van der Waals surface area contributed by atoms with Crippen LogP contribution in [0.2, 0.25) is 0 Å². The summed E-state index contributed by atoms with van der Waals surface area (Å²) in [7, 11) is 1.60. The summed E-state index contributed by atoms with van der Waals surface area (Å²) < 4.78 is 37.9. The zero-order valence-electron chi connectivity index (χ0n) is 10.8. The maximum absolute atomic E-state index is 13.7. The molecule has 2 rings (SSSR count). The molecule has 3 unspecified atom stereocenters. The zero-order valence-corrected chi connectivity index (χ0v) is 12.3. The lowest BCUT2D eigenvalue weighted by molar-refractivity contribution is -0.118. The van der Waals surface area contributed by atoms with E-state index in [9.17, 15) is 8.78 Å². The molecule has 1 aromatic rings. The maximum Gasteiger partial charge on any atom is 0.150 e. The molecule has 19 heavy (non-hydrogen) atoms. The molecule has 0 aromatic heterocycles. The molecule has 106 valence electrons. The van der Waals surface area contributed by atoms with E-state index in [-0.39, 0.29) is 23.9 Å². The second-order valence-corrected chi connectivity index (χ2v) is 5.28. The predicted octanol–water partition coefficient (Wildman–Crippen LogP) is 3.33. The van der Waals surface area contributed by atoms with Gasteiger partial charge in [-0.15, -0.1) is 0 Å². The fraction of sp³-hybridized carbons (Fsp3) is 0.538. The molecule has 1 aliphatic rings. The Morgan fingerprint density at radius 2 is 2.16 bits per heavy atom. The first-order chi connectivity index (χ1) is 9.06. The van der Waals surface area contributed by atoms with Crippen molar-refractivity contribution in [2.75, 3.05) is 19.0 Å². The molecule has 0 aliphatic heterocycles. The van der Waals surface area contributed by atoms with E-state index in [2.05, 4.69) is 21.2 Å². The number of anilines is 1. The summed E-state index contributed by atoms with van der Waals surface area (Å²) in [6.07, 6.45) is 0.626. The van der Waals surface area contributed by atoms with Crippen LogP contribution in [0.25, 0.3) is 0 Å². The SMILES string of the molecule is CCOC1CC(Nc2c(F)cc(F)cc2Br)C1OC. The predicted molar refractivity (Wildman–Crippen MR) is 72.3 cm³/mol. The van der Waals surface area contributed by atoms with E-state index in [1.165, 1.54) is 6.07 Å². The second-order valence-electron chi connectivity index (χ2n) is 4.43. The summed E-state index contributed by atoms with van der Waals surface area (Å²) in [5, 5.41) is 3.04. The van der Waals surface area contributed by atoms with Crippen molar-refractivity contribution in [2.45, 2.75) is 31.6 Å². The lowest BCUT2D eigenvalue weighted by atomic mass is 9.85. The molecule has 3 nitrogen and oxygen atoms in total. The first kappa shape index (κ1) is 14.7. The third kappa shape index (κ3) is 3.07. The summed E-state index contributed by atoms with van der Waals surface area (Å²) in [6.45, 7) is 2.54. The van der Waals surface area contributed by atoms with E-state index in [1.54, 1.807) is 7.11 Å². The lowest BCUT2D eigenvalue weighted by Gasteiger charge is -2.43. The Bertz CT molecular complexity index is 435. The van der Waals surface area contributed by atoms with Crippen LogP contribution in [0.4, 0.5) is 14.5 Å². The van der Waals surface area contributed by atoms with E-state index >= 15 is 0 Å². The van der Waals surface area contributed by atoms with Crippen molar-refractivity contribution in [3.63, 3.8) is 0 Å². The third-order valence-corrected chi connectivity index (χ3v) is 3.86. The van der Waals surface area contributed by atoms with Gasteiger partial charge >= 0.3 is 0 Å². The van der Waals surface area contributed by atoms with Crippen LogP contribution in [0.15, 0.2) is 16.6 Å². The molecule has 0 spiro atoms. The van der Waals surface area contributed by atoms with Crippen molar-refractivity contribution in [1.29, 1.82) is 0 Å². The number of hydrogen-bond acceptors (Lipinski definition) is 3. The number of benzene rings is 1. The largest absolute Gasteiger partial charge is 0.377 e. The second kappa shape index (κ2) is 6.15. The van der Waals surface area contributed by atoms with Crippen molar-refractivity contribution in [3.8, 4) is 0 Å². The first-order valence-electron chi connectivity index (χ1n) is 6.12. The highest BCUT2D eigenvalue weighted by Gasteiger charge is 2.42. The van der Waals surface area contributed by atoms with Gasteiger partial charge in [-0.3, -0.25) is 0 Å². The van der Waals surface area contributed by atoms with E-state index in [0.29, 0.717) is 11.1 Å². The smallest absolute Gasteiger partial charge is 0.150 e. The molecule has 0 amide bonds. The quantitative estimate of drug-likeness (QED) is 0.895. The molecule has 0 bridgehead atoms. The van der Waals surface area contributed by atoms with Gasteiger partial charge in [0.15, 0.2) is 0 Å². The van der Waals surface area contributed by atoms with Crippen LogP contribution >= 0.6 is 15.9 Å². The fourth-order valence-electron chi connectivity index (χ4n) is 2.28. The molecule has 1 N–H and O–H groups in total. The minimum Gasteiger partial charge on any atom is -0.377 e. The van der Waals surface area contributed by atoms with Crippen molar-refractivity contribution < 1.29 is 18.3 Å². The van der Waals surface area contributed by atoms with Crippen molar-refractivity contribution in [3.05, 3.63) is 28.2 Å². The number of nitrogens with one attached hydrogen (secondary N) is 1. The van der Waals surface area contributed by atoms with Gasteiger partial charge < -0.3 is 14.8 Å². The van der Waals surface area contributed by atoms with Crippen molar-refractivity contribution in [2.24, 2.45) is 0 Å². The highest BCUT2D eigenvalue weighted by molar-refractivity contribution is 9.10. The highest BCUT2D eigenvalue weighted by Crippen LogP contribution is 2.34. The molecule has 1 fully saturated rings. The standard InChI is InChI=1S/C13H16BrF2NO2/c1-3-19-11-6-10(13(11)18-2)17-12-8(14)4-7(15)5-9(12)16/h4-5,10-11,13,17H,3,6H2,1-2H3. The topological polar surface area (TPSA) is 30.5 Å². The number of hydrogen-bond donors (Lipinski definition) is 1. The Morgan fingerprint density at radius 1 is 1.42 bits per heavy atom. The van der Waals surface area contributed by atoms with Crippen LogP contribution in [0, 0.1) is 11.6 Å². The van der Waals surface area contributed by atoms with Gasteiger partial charge in [0, 0.05) is 24.3 Å². The molecule has 0 saturated heterocycles. The van der Waals surface area contributed by atoms with Crippen LogP contribution in [0.3, 0.4) is 0 Å². The van der Waals surface area contributed by atoms with Crippen LogP contribution in [-0.2, 0) is 9.47 Å². The van der Waals surface area contributed by atoms with Gasteiger partial charge in [0.25, 0.3) is 0 Å². The third-order valence-electron chi connectivity index (χ3n) is 3.24.